The summed E-state index contributed by atoms with van der Waals surface area (Å²) in [6.45, 7) is 2.85. The number of amides is 2. The van der Waals surface area contributed by atoms with Crippen LogP contribution in [0.2, 0.25) is 0 Å². The number of urea groups is 1. The molecule has 0 atom stereocenters. The van der Waals surface area contributed by atoms with Crippen LogP contribution in [0, 0.1) is 0 Å². The van der Waals surface area contributed by atoms with E-state index in [-0.39, 0.29) is 12.0 Å². The minimum Gasteiger partial charge on any atom is -0.497 e. The Morgan fingerprint density at radius 2 is 1.91 bits per heavy atom. The second-order valence-corrected chi connectivity index (χ2v) is 8.78. The molecule has 1 aliphatic rings. The van der Waals surface area contributed by atoms with Crippen LogP contribution in [-0.2, 0) is 6.54 Å². The Balaban J connectivity index is 1.25. The summed E-state index contributed by atoms with van der Waals surface area (Å²) in [5, 5.41) is 3.81. The third-order valence-electron chi connectivity index (χ3n) is 5.64. The second kappa shape index (κ2) is 9.48. The first-order valence-corrected chi connectivity index (χ1v) is 11.7. The lowest BCUT2D eigenvalue weighted by Crippen LogP contribution is -2.52. The Labute approximate surface area is 200 Å². The van der Waals surface area contributed by atoms with E-state index in [4.69, 9.17) is 15.5 Å². The average Bonchev–Trinajstić information content (AvgIpc) is 3.32. The van der Waals surface area contributed by atoms with Crippen molar-refractivity contribution in [3.8, 4) is 16.3 Å². The van der Waals surface area contributed by atoms with Gasteiger partial charge in [-0.05, 0) is 29.8 Å². The highest BCUT2D eigenvalue weighted by molar-refractivity contribution is 7.21. The van der Waals surface area contributed by atoms with Crippen molar-refractivity contribution in [3.05, 3.63) is 54.4 Å². The average molecular weight is 477 g/mol. The molecule has 0 aliphatic carbocycles. The number of carbonyl (C=O) groups excluding carboxylic acids is 1. The number of rotatable bonds is 5. The van der Waals surface area contributed by atoms with Crippen molar-refractivity contribution in [2.45, 2.75) is 6.54 Å². The standard InChI is InChI=1S/C23H24N8O2S/c1-33-17-6-4-15(5-7-17)13-26-23(32)31-11-9-30(10-12-31)19-18-21(29-22(24)28-19)34-20(27-18)16-3-2-8-25-14-16/h2-8,14H,9-13H2,1H3,(H,26,32)(H2,24,28,29). The van der Waals surface area contributed by atoms with E-state index < -0.39 is 0 Å². The molecule has 34 heavy (non-hydrogen) atoms. The van der Waals surface area contributed by atoms with Crippen LogP contribution in [0.5, 0.6) is 5.75 Å². The summed E-state index contributed by atoms with van der Waals surface area (Å²) >= 11 is 1.46. The lowest BCUT2D eigenvalue weighted by molar-refractivity contribution is 0.194. The fourth-order valence-electron chi connectivity index (χ4n) is 3.81. The number of carbonyl (C=O) groups is 1. The van der Waals surface area contributed by atoms with Gasteiger partial charge < -0.3 is 25.6 Å². The Morgan fingerprint density at radius 3 is 2.62 bits per heavy atom. The van der Waals surface area contributed by atoms with Crippen molar-refractivity contribution in [2.24, 2.45) is 0 Å². The van der Waals surface area contributed by atoms with Gasteiger partial charge in [-0.25, -0.2) is 14.8 Å². The lowest BCUT2D eigenvalue weighted by Gasteiger charge is -2.35. The second-order valence-electron chi connectivity index (χ2n) is 7.80. The predicted molar refractivity (Wildman–Crippen MR) is 132 cm³/mol. The normalized spacial score (nSPS) is 13.8. The molecule has 3 aromatic heterocycles. The largest absolute Gasteiger partial charge is 0.497 e. The summed E-state index contributed by atoms with van der Waals surface area (Å²) in [5.41, 5.74) is 8.66. The number of aromatic nitrogens is 4. The molecule has 1 fully saturated rings. The van der Waals surface area contributed by atoms with E-state index in [1.807, 2.05) is 41.3 Å². The molecule has 2 amide bonds. The molecule has 1 saturated heterocycles. The summed E-state index contributed by atoms with van der Waals surface area (Å²) in [6, 6.07) is 11.4. The van der Waals surface area contributed by atoms with Crippen LogP contribution in [0.1, 0.15) is 5.56 Å². The molecular formula is C23H24N8O2S. The van der Waals surface area contributed by atoms with Crippen LogP contribution in [0.25, 0.3) is 20.9 Å². The number of nitrogens with zero attached hydrogens (tertiary/aromatic N) is 6. The SMILES string of the molecule is COc1ccc(CNC(=O)N2CCN(c3nc(N)nc4sc(-c5cccnc5)nc34)CC2)cc1. The van der Waals surface area contributed by atoms with E-state index in [1.54, 1.807) is 19.5 Å². The topological polar surface area (TPSA) is 122 Å². The smallest absolute Gasteiger partial charge is 0.317 e. The van der Waals surface area contributed by atoms with E-state index in [0.29, 0.717) is 38.5 Å². The van der Waals surface area contributed by atoms with Gasteiger partial charge in [-0.3, -0.25) is 4.98 Å². The summed E-state index contributed by atoms with van der Waals surface area (Å²) in [5.74, 6) is 1.70. The molecule has 0 radical (unpaired) electrons. The van der Waals surface area contributed by atoms with Gasteiger partial charge in [0.05, 0.1) is 7.11 Å². The Kier molecular flexibility index (Phi) is 6.09. The zero-order chi connectivity index (χ0) is 23.5. The van der Waals surface area contributed by atoms with E-state index in [1.165, 1.54) is 11.3 Å². The van der Waals surface area contributed by atoms with Crippen molar-refractivity contribution in [3.63, 3.8) is 0 Å². The van der Waals surface area contributed by atoms with Gasteiger partial charge in [0.15, 0.2) is 10.6 Å². The first-order valence-electron chi connectivity index (χ1n) is 10.9. The summed E-state index contributed by atoms with van der Waals surface area (Å²) in [4.78, 5) is 35.2. The number of pyridine rings is 1. The van der Waals surface area contributed by atoms with Crippen molar-refractivity contribution < 1.29 is 9.53 Å². The van der Waals surface area contributed by atoms with E-state index in [9.17, 15) is 4.79 Å². The van der Waals surface area contributed by atoms with Crippen LogP contribution in [0.3, 0.4) is 0 Å². The molecule has 0 spiro atoms. The molecule has 174 valence electrons. The van der Waals surface area contributed by atoms with Crippen LogP contribution in [-0.4, -0.2) is 64.2 Å². The number of anilines is 2. The molecule has 1 aromatic carbocycles. The molecule has 11 heteroatoms. The molecule has 3 N–H and O–H groups in total. The monoisotopic (exact) mass is 476 g/mol. The van der Waals surface area contributed by atoms with Crippen LogP contribution in [0.15, 0.2) is 48.8 Å². The van der Waals surface area contributed by atoms with Crippen molar-refractivity contribution >= 4 is 39.5 Å². The van der Waals surface area contributed by atoms with E-state index in [0.717, 1.165) is 32.2 Å². The van der Waals surface area contributed by atoms with E-state index in [2.05, 4.69) is 25.2 Å². The number of nitrogens with two attached hydrogens (primary N) is 1. The van der Waals surface area contributed by atoms with Gasteiger partial charge in [0.2, 0.25) is 5.95 Å². The fourth-order valence-corrected chi connectivity index (χ4v) is 4.74. The number of piperazine rings is 1. The van der Waals surface area contributed by atoms with Crippen molar-refractivity contribution in [1.29, 1.82) is 0 Å². The number of fused-ring (bicyclic) bond motifs is 1. The third-order valence-corrected chi connectivity index (χ3v) is 6.63. The highest BCUT2D eigenvalue weighted by Gasteiger charge is 2.25. The van der Waals surface area contributed by atoms with Crippen LogP contribution < -0.4 is 20.7 Å². The van der Waals surface area contributed by atoms with Crippen molar-refractivity contribution in [1.82, 2.24) is 30.2 Å². The van der Waals surface area contributed by atoms with Gasteiger partial charge in [0.25, 0.3) is 0 Å². The fraction of sp³-hybridized carbons (Fsp3) is 0.261. The number of thiazole rings is 1. The van der Waals surface area contributed by atoms with Gasteiger partial charge in [-0.2, -0.15) is 4.98 Å². The number of hydrogen-bond donors (Lipinski definition) is 2. The molecule has 0 bridgehead atoms. The summed E-state index contributed by atoms with van der Waals surface area (Å²) in [6.07, 6.45) is 3.50. The number of hydrogen-bond acceptors (Lipinski definition) is 9. The third kappa shape index (κ3) is 4.55. The number of nitrogens with one attached hydrogen (secondary N) is 1. The Morgan fingerprint density at radius 1 is 1.12 bits per heavy atom. The Hall–Kier alpha value is -3.99. The van der Waals surface area contributed by atoms with Gasteiger partial charge in [0.1, 0.15) is 16.3 Å². The Bertz CT molecular complexity index is 1290. The molecule has 5 rings (SSSR count). The highest BCUT2D eigenvalue weighted by atomic mass is 32.1. The molecular weight excluding hydrogens is 452 g/mol. The molecule has 1 aliphatic heterocycles. The number of methoxy groups -OCH3 is 1. The molecule has 0 unspecified atom stereocenters. The summed E-state index contributed by atoms with van der Waals surface area (Å²) in [7, 11) is 1.63. The first-order chi connectivity index (χ1) is 16.6. The van der Waals surface area contributed by atoms with Crippen LogP contribution in [0.4, 0.5) is 16.6 Å². The summed E-state index contributed by atoms with van der Waals surface area (Å²) < 4.78 is 5.17. The van der Waals surface area contributed by atoms with E-state index >= 15 is 0 Å². The molecule has 4 aromatic rings. The molecule has 10 nitrogen and oxygen atoms in total. The predicted octanol–water partition coefficient (Wildman–Crippen LogP) is 2.77. The van der Waals surface area contributed by atoms with Gasteiger partial charge in [-0.1, -0.05) is 23.5 Å². The first kappa shape index (κ1) is 21.8. The maximum atomic E-state index is 12.7. The number of nitrogen functional groups attached to an aromatic ring is 1. The van der Waals surface area contributed by atoms with Gasteiger partial charge >= 0.3 is 6.03 Å². The molecule has 4 heterocycles. The minimum absolute atomic E-state index is 0.0876. The maximum Gasteiger partial charge on any atom is 0.317 e. The molecule has 0 saturated carbocycles. The number of ether oxygens (including phenoxy) is 1. The van der Waals surface area contributed by atoms with Crippen molar-refractivity contribution in [2.75, 3.05) is 43.9 Å². The quantitative estimate of drug-likeness (QED) is 0.451. The lowest BCUT2D eigenvalue weighted by atomic mass is 10.2. The number of benzene rings is 1. The highest BCUT2D eigenvalue weighted by Crippen LogP contribution is 2.33. The zero-order valence-corrected chi connectivity index (χ0v) is 19.5. The van der Waals surface area contributed by atoms with Gasteiger partial charge in [-0.15, -0.1) is 0 Å². The van der Waals surface area contributed by atoms with Crippen LogP contribution >= 0.6 is 11.3 Å². The maximum absolute atomic E-state index is 12.7. The minimum atomic E-state index is -0.0876. The zero-order valence-electron chi connectivity index (χ0n) is 18.6. The van der Waals surface area contributed by atoms with Gasteiger partial charge in [0, 0.05) is 50.7 Å².